The number of methoxy groups -OCH3 is 1. The zero-order chi connectivity index (χ0) is 21.8. The van der Waals surface area contributed by atoms with Gasteiger partial charge in [0.05, 0.1) is 17.7 Å². The van der Waals surface area contributed by atoms with E-state index >= 15 is 0 Å². The number of rotatable bonds is 5. The molecule has 0 aliphatic carbocycles. The number of hydrogen-bond donors (Lipinski definition) is 0. The average Bonchev–Trinajstić information content (AvgIpc) is 3.07. The molecule has 0 atom stereocenters. The fourth-order valence-corrected chi connectivity index (χ4v) is 4.56. The van der Waals surface area contributed by atoms with E-state index in [1.807, 2.05) is 91.0 Å². The molecule has 1 heterocycles. The molecule has 0 aromatic heterocycles. The molecule has 1 fully saturated rings. The summed E-state index contributed by atoms with van der Waals surface area (Å²) in [5.74, 6) is 0.577. The van der Waals surface area contributed by atoms with Gasteiger partial charge >= 0.3 is 0 Å². The molecule has 0 radical (unpaired) electrons. The molecule has 0 saturated carbocycles. The lowest BCUT2D eigenvalue weighted by molar-refractivity contribution is -0.113. The minimum absolute atomic E-state index is 0.145. The summed E-state index contributed by atoms with van der Waals surface area (Å²) in [6.45, 7) is 0. The van der Waals surface area contributed by atoms with Crippen molar-refractivity contribution >= 4 is 63.1 Å². The maximum Gasteiger partial charge on any atom is 0.270 e. The van der Waals surface area contributed by atoms with Gasteiger partial charge in [-0.15, -0.1) is 0 Å². The van der Waals surface area contributed by atoms with Crippen molar-refractivity contribution in [3.63, 3.8) is 0 Å². The van der Waals surface area contributed by atoms with Gasteiger partial charge in [0.25, 0.3) is 5.91 Å². The first kappa shape index (κ1) is 21.4. The normalized spacial score (nSPS) is 15.6. The number of anilines is 1. The summed E-state index contributed by atoms with van der Waals surface area (Å²) in [7, 11) is 1.61. The Morgan fingerprint density at radius 1 is 1.00 bits per heavy atom. The number of halogens is 1. The number of thioether (sulfide) groups is 1. The van der Waals surface area contributed by atoms with Crippen LogP contribution in [0.25, 0.3) is 11.6 Å². The Balaban J connectivity index is 1.71. The monoisotopic (exact) mass is 463 g/mol. The number of ether oxygens (including phenoxy) is 1. The van der Waals surface area contributed by atoms with Crippen LogP contribution in [0.15, 0.2) is 89.8 Å². The van der Waals surface area contributed by atoms with Crippen LogP contribution in [-0.4, -0.2) is 17.3 Å². The number of hydrogen-bond acceptors (Lipinski definition) is 4. The Labute approximate surface area is 196 Å². The van der Waals surface area contributed by atoms with Crippen molar-refractivity contribution in [1.82, 2.24) is 0 Å². The minimum Gasteiger partial charge on any atom is -0.497 e. The Bertz CT molecular complexity index is 1170. The highest BCUT2D eigenvalue weighted by Crippen LogP contribution is 2.37. The van der Waals surface area contributed by atoms with Gasteiger partial charge in [0.1, 0.15) is 5.75 Å². The van der Waals surface area contributed by atoms with E-state index in [0.717, 1.165) is 22.4 Å². The molecule has 1 saturated heterocycles. The summed E-state index contributed by atoms with van der Waals surface area (Å²) in [5.41, 5.74) is 3.61. The van der Waals surface area contributed by atoms with Crippen molar-refractivity contribution < 1.29 is 9.53 Å². The van der Waals surface area contributed by atoms with Crippen LogP contribution in [0.2, 0.25) is 5.02 Å². The molecule has 0 spiro atoms. The molecule has 3 aromatic carbocycles. The fraction of sp³-hybridized carbons (Fsp3) is 0.0400. The van der Waals surface area contributed by atoms with Gasteiger partial charge in [0.15, 0.2) is 4.32 Å². The molecule has 0 unspecified atom stereocenters. The van der Waals surface area contributed by atoms with E-state index in [1.165, 1.54) is 11.8 Å². The number of nitrogens with zero attached hydrogens (tertiary/aromatic N) is 1. The van der Waals surface area contributed by atoms with Crippen LogP contribution < -0.4 is 9.64 Å². The van der Waals surface area contributed by atoms with Crippen molar-refractivity contribution in [2.75, 3.05) is 12.0 Å². The highest BCUT2D eigenvalue weighted by atomic mass is 35.5. The average molecular weight is 464 g/mol. The number of carbonyl (C=O) groups excluding carboxylic acids is 1. The standard InChI is InChI=1S/C25H18ClNO2S2/c1-29-22-13-11-21(12-14-22)27-24(28)23(31-25(27)30)16-19(15-17-5-3-2-4-6-17)18-7-9-20(26)10-8-18/h2-16H,1H3. The van der Waals surface area contributed by atoms with Gasteiger partial charge in [-0.25, -0.2) is 0 Å². The van der Waals surface area contributed by atoms with E-state index in [0.29, 0.717) is 19.9 Å². The Morgan fingerprint density at radius 3 is 2.32 bits per heavy atom. The summed E-state index contributed by atoms with van der Waals surface area (Å²) in [4.78, 5) is 15.3. The van der Waals surface area contributed by atoms with E-state index in [1.54, 1.807) is 12.0 Å². The minimum atomic E-state index is -0.145. The van der Waals surface area contributed by atoms with Gasteiger partial charge in [0, 0.05) is 5.02 Å². The quantitative estimate of drug-likeness (QED) is 0.235. The SMILES string of the molecule is COc1ccc(N2C(=O)C(=CC(=Cc3ccccc3)c3ccc(Cl)cc3)SC2=S)cc1. The van der Waals surface area contributed by atoms with E-state index in [4.69, 9.17) is 28.6 Å². The Hall–Kier alpha value is -2.86. The second-order valence-corrected chi connectivity index (χ2v) is 8.84. The van der Waals surface area contributed by atoms with E-state index in [-0.39, 0.29) is 5.91 Å². The number of carbonyl (C=O) groups is 1. The van der Waals surface area contributed by atoms with Gasteiger partial charge < -0.3 is 4.74 Å². The van der Waals surface area contributed by atoms with Gasteiger partial charge in [-0.3, -0.25) is 9.69 Å². The third-order valence-electron chi connectivity index (χ3n) is 4.71. The highest BCUT2D eigenvalue weighted by molar-refractivity contribution is 8.27. The molecule has 4 rings (SSSR count). The lowest BCUT2D eigenvalue weighted by Gasteiger charge is -2.14. The van der Waals surface area contributed by atoms with E-state index in [9.17, 15) is 4.79 Å². The molecule has 31 heavy (non-hydrogen) atoms. The van der Waals surface area contributed by atoms with Crippen LogP contribution in [0, 0.1) is 0 Å². The van der Waals surface area contributed by atoms with Crippen LogP contribution in [0.4, 0.5) is 5.69 Å². The topological polar surface area (TPSA) is 29.5 Å². The largest absolute Gasteiger partial charge is 0.497 e. The first-order valence-electron chi connectivity index (χ1n) is 9.50. The molecular weight excluding hydrogens is 446 g/mol. The van der Waals surface area contributed by atoms with Crippen molar-refractivity contribution in [3.05, 3.63) is 106 Å². The number of amides is 1. The number of thiocarbonyl (C=S) groups is 1. The Morgan fingerprint density at radius 2 is 1.68 bits per heavy atom. The fourth-order valence-electron chi connectivity index (χ4n) is 3.14. The Kier molecular flexibility index (Phi) is 6.56. The highest BCUT2D eigenvalue weighted by Gasteiger charge is 2.33. The third kappa shape index (κ3) is 4.90. The lowest BCUT2D eigenvalue weighted by atomic mass is 10.0. The molecule has 1 aliphatic rings. The summed E-state index contributed by atoms with van der Waals surface area (Å²) in [5, 5.41) is 0.661. The molecule has 0 bridgehead atoms. The summed E-state index contributed by atoms with van der Waals surface area (Å²) >= 11 is 12.9. The summed E-state index contributed by atoms with van der Waals surface area (Å²) in [6.07, 6.45) is 3.93. The van der Waals surface area contributed by atoms with Gasteiger partial charge in [-0.2, -0.15) is 0 Å². The van der Waals surface area contributed by atoms with Crippen LogP contribution in [0.3, 0.4) is 0 Å². The molecule has 1 amide bonds. The van der Waals surface area contributed by atoms with Crippen LogP contribution in [0.1, 0.15) is 11.1 Å². The molecule has 3 nitrogen and oxygen atoms in total. The molecule has 3 aromatic rings. The van der Waals surface area contributed by atoms with Crippen molar-refractivity contribution in [2.45, 2.75) is 0 Å². The second kappa shape index (κ2) is 9.52. The zero-order valence-electron chi connectivity index (χ0n) is 16.6. The predicted molar refractivity (Wildman–Crippen MR) is 135 cm³/mol. The van der Waals surface area contributed by atoms with Crippen molar-refractivity contribution in [2.24, 2.45) is 0 Å². The maximum absolute atomic E-state index is 13.2. The van der Waals surface area contributed by atoms with Gasteiger partial charge in [-0.05, 0) is 65.3 Å². The summed E-state index contributed by atoms with van der Waals surface area (Å²) < 4.78 is 5.70. The molecular formula is C25H18ClNO2S2. The third-order valence-corrected chi connectivity index (χ3v) is 6.26. The number of benzene rings is 3. The van der Waals surface area contributed by atoms with E-state index in [2.05, 4.69) is 0 Å². The first-order valence-corrected chi connectivity index (χ1v) is 11.1. The first-order chi connectivity index (χ1) is 15.0. The van der Waals surface area contributed by atoms with Gasteiger partial charge in [0.2, 0.25) is 0 Å². The second-order valence-electron chi connectivity index (χ2n) is 6.73. The van der Waals surface area contributed by atoms with Crippen molar-refractivity contribution in [1.29, 1.82) is 0 Å². The van der Waals surface area contributed by atoms with Crippen LogP contribution in [-0.2, 0) is 4.79 Å². The van der Waals surface area contributed by atoms with E-state index < -0.39 is 0 Å². The van der Waals surface area contributed by atoms with Crippen LogP contribution in [0.5, 0.6) is 5.75 Å². The smallest absolute Gasteiger partial charge is 0.270 e. The molecule has 1 aliphatic heterocycles. The zero-order valence-corrected chi connectivity index (χ0v) is 19.0. The van der Waals surface area contributed by atoms with Crippen molar-refractivity contribution in [3.8, 4) is 5.75 Å². The number of allylic oxidation sites excluding steroid dienone is 2. The van der Waals surface area contributed by atoms with Crippen LogP contribution >= 0.6 is 35.6 Å². The molecule has 154 valence electrons. The molecule has 0 N–H and O–H groups in total. The lowest BCUT2D eigenvalue weighted by Crippen LogP contribution is -2.27. The predicted octanol–water partition coefficient (Wildman–Crippen LogP) is 6.84. The maximum atomic E-state index is 13.2. The molecule has 6 heteroatoms. The van der Waals surface area contributed by atoms with Gasteiger partial charge in [-0.1, -0.05) is 78.0 Å². The summed E-state index contributed by atoms with van der Waals surface area (Å²) in [6, 6.07) is 24.8.